The molecule has 90 valence electrons. The molecule has 2 heterocycles. The zero-order chi connectivity index (χ0) is 12.4. The largest absolute Gasteiger partial charge is 0.367 e. The molecule has 5 nitrogen and oxygen atoms in total. The van der Waals surface area contributed by atoms with Gasteiger partial charge in [0.1, 0.15) is 5.82 Å². The molecule has 5 heteroatoms. The van der Waals surface area contributed by atoms with Gasteiger partial charge in [0.05, 0.1) is 17.8 Å². The minimum absolute atomic E-state index is 0.0875. The van der Waals surface area contributed by atoms with Crippen molar-refractivity contribution in [3.05, 3.63) is 40.7 Å². The molecule has 2 aromatic rings. The summed E-state index contributed by atoms with van der Waals surface area (Å²) in [6.45, 7) is 6.21. The Morgan fingerprint density at radius 1 is 1.35 bits per heavy atom. The maximum absolute atomic E-state index is 11.8. The third kappa shape index (κ3) is 2.38. The Morgan fingerprint density at radius 2 is 2.12 bits per heavy atom. The number of carbonyl (C=O) groups is 1. The first kappa shape index (κ1) is 11.4. The maximum atomic E-state index is 11.8. The highest BCUT2D eigenvalue weighted by Crippen LogP contribution is 2.06. The number of hydrogen-bond donors (Lipinski definition) is 3. The normalized spacial score (nSPS) is 10.5. The second-order valence-electron chi connectivity index (χ2n) is 4.13. The number of carbonyl (C=O) groups excluding carboxylic acids is 1. The molecule has 0 aromatic carbocycles. The molecule has 0 spiro atoms. The molecular formula is C12H16N4O. The molecule has 1 amide bonds. The summed E-state index contributed by atoms with van der Waals surface area (Å²) in [5.41, 5.74) is 3.61. The summed E-state index contributed by atoms with van der Waals surface area (Å²) in [6, 6.07) is 0. The minimum atomic E-state index is -0.0875. The molecule has 0 aliphatic rings. The molecule has 0 saturated heterocycles. The molecule has 0 aliphatic heterocycles. The van der Waals surface area contributed by atoms with Gasteiger partial charge in [-0.2, -0.15) is 0 Å². The van der Waals surface area contributed by atoms with Crippen LogP contribution in [0.5, 0.6) is 0 Å². The number of H-pyrrole nitrogens is 2. The molecule has 0 saturated carbocycles. The van der Waals surface area contributed by atoms with E-state index in [0.717, 1.165) is 22.8 Å². The van der Waals surface area contributed by atoms with E-state index in [1.807, 2.05) is 20.8 Å². The number of amides is 1. The molecule has 3 N–H and O–H groups in total. The summed E-state index contributed by atoms with van der Waals surface area (Å²) in [7, 11) is 0. The number of nitrogens with one attached hydrogen (secondary N) is 3. The number of aryl methyl sites for hydroxylation is 3. The summed E-state index contributed by atoms with van der Waals surface area (Å²) < 4.78 is 0. The van der Waals surface area contributed by atoms with Crippen molar-refractivity contribution in [2.45, 2.75) is 27.3 Å². The van der Waals surface area contributed by atoms with E-state index in [-0.39, 0.29) is 5.91 Å². The molecule has 2 aromatic heterocycles. The van der Waals surface area contributed by atoms with Crippen LogP contribution in [0.1, 0.15) is 33.1 Å². The van der Waals surface area contributed by atoms with Crippen LogP contribution in [0.15, 0.2) is 12.4 Å². The van der Waals surface area contributed by atoms with Crippen molar-refractivity contribution in [3.63, 3.8) is 0 Å². The average Bonchev–Trinajstić information content (AvgIpc) is 2.83. The van der Waals surface area contributed by atoms with E-state index >= 15 is 0 Å². The van der Waals surface area contributed by atoms with Crippen LogP contribution >= 0.6 is 0 Å². The zero-order valence-corrected chi connectivity index (χ0v) is 10.2. The van der Waals surface area contributed by atoms with Crippen molar-refractivity contribution >= 4 is 5.91 Å². The number of rotatable bonds is 3. The Kier molecular flexibility index (Phi) is 2.99. The van der Waals surface area contributed by atoms with E-state index in [1.165, 1.54) is 0 Å². The molecule has 2 rings (SSSR count). The molecule has 0 aliphatic carbocycles. The van der Waals surface area contributed by atoms with E-state index in [9.17, 15) is 4.79 Å². The van der Waals surface area contributed by atoms with Crippen molar-refractivity contribution in [1.82, 2.24) is 20.3 Å². The van der Waals surface area contributed by atoms with Gasteiger partial charge in [-0.05, 0) is 26.3 Å². The first-order valence-corrected chi connectivity index (χ1v) is 5.51. The Bertz CT molecular complexity index is 519. The van der Waals surface area contributed by atoms with Crippen LogP contribution in [0.3, 0.4) is 0 Å². The highest BCUT2D eigenvalue weighted by atomic mass is 16.1. The van der Waals surface area contributed by atoms with Crippen LogP contribution in [0.4, 0.5) is 0 Å². The van der Waals surface area contributed by atoms with Crippen molar-refractivity contribution in [2.24, 2.45) is 0 Å². The van der Waals surface area contributed by atoms with E-state index in [4.69, 9.17) is 0 Å². The topological polar surface area (TPSA) is 73.6 Å². The van der Waals surface area contributed by atoms with Gasteiger partial charge in [0.15, 0.2) is 0 Å². The highest BCUT2D eigenvalue weighted by Gasteiger charge is 2.10. The summed E-state index contributed by atoms with van der Waals surface area (Å²) >= 11 is 0. The van der Waals surface area contributed by atoms with E-state index < -0.39 is 0 Å². The summed E-state index contributed by atoms with van der Waals surface area (Å²) in [5.74, 6) is 0.692. The second-order valence-corrected chi connectivity index (χ2v) is 4.13. The van der Waals surface area contributed by atoms with Gasteiger partial charge in [-0.1, -0.05) is 0 Å². The molecule has 0 radical (unpaired) electrons. The van der Waals surface area contributed by atoms with Gasteiger partial charge in [0, 0.05) is 18.1 Å². The van der Waals surface area contributed by atoms with Crippen molar-refractivity contribution < 1.29 is 4.79 Å². The lowest BCUT2D eigenvalue weighted by molar-refractivity contribution is 0.0949. The van der Waals surface area contributed by atoms with Gasteiger partial charge in [0.2, 0.25) is 0 Å². The van der Waals surface area contributed by atoms with E-state index in [2.05, 4.69) is 20.3 Å². The van der Waals surface area contributed by atoms with Gasteiger partial charge in [-0.25, -0.2) is 4.98 Å². The molecule has 0 bridgehead atoms. The Hall–Kier alpha value is -2.04. The average molecular weight is 232 g/mol. The third-order valence-electron chi connectivity index (χ3n) is 2.79. The number of aromatic amines is 2. The van der Waals surface area contributed by atoms with Gasteiger partial charge in [0.25, 0.3) is 5.91 Å². The number of hydrogen-bond acceptors (Lipinski definition) is 2. The summed E-state index contributed by atoms with van der Waals surface area (Å²) in [4.78, 5) is 22.2. The predicted octanol–water partition coefficient (Wildman–Crippen LogP) is 1.59. The predicted molar refractivity (Wildman–Crippen MR) is 64.8 cm³/mol. The second kappa shape index (κ2) is 4.45. The molecule has 0 atom stereocenters. The Morgan fingerprint density at radius 3 is 2.65 bits per heavy atom. The summed E-state index contributed by atoms with van der Waals surface area (Å²) in [6.07, 6.45) is 3.50. The lowest BCUT2D eigenvalue weighted by Crippen LogP contribution is -2.23. The monoisotopic (exact) mass is 232 g/mol. The van der Waals surface area contributed by atoms with Gasteiger partial charge in [-0.3, -0.25) is 4.79 Å². The van der Waals surface area contributed by atoms with Gasteiger partial charge in [-0.15, -0.1) is 0 Å². The maximum Gasteiger partial charge on any atom is 0.253 e. The number of aromatic nitrogens is 3. The fourth-order valence-electron chi connectivity index (χ4n) is 1.65. The van der Waals surface area contributed by atoms with E-state index in [1.54, 1.807) is 12.4 Å². The quantitative estimate of drug-likeness (QED) is 0.752. The first-order chi connectivity index (χ1) is 8.08. The van der Waals surface area contributed by atoms with Crippen molar-refractivity contribution in [2.75, 3.05) is 0 Å². The van der Waals surface area contributed by atoms with Crippen molar-refractivity contribution in [3.8, 4) is 0 Å². The SMILES string of the molecule is Cc1c[nH]cc1C(=O)NCc1nc(C)c(C)[nH]1. The minimum Gasteiger partial charge on any atom is -0.367 e. The van der Waals surface area contributed by atoms with Gasteiger partial charge >= 0.3 is 0 Å². The van der Waals surface area contributed by atoms with Crippen LogP contribution < -0.4 is 5.32 Å². The van der Waals surface area contributed by atoms with E-state index in [0.29, 0.717) is 12.1 Å². The van der Waals surface area contributed by atoms with Crippen LogP contribution in [-0.2, 0) is 6.54 Å². The Labute approximate surface area is 99.7 Å². The van der Waals surface area contributed by atoms with Crippen LogP contribution in [0.2, 0.25) is 0 Å². The fraction of sp³-hybridized carbons (Fsp3) is 0.333. The van der Waals surface area contributed by atoms with Crippen LogP contribution in [-0.4, -0.2) is 20.9 Å². The molecule has 0 fully saturated rings. The zero-order valence-electron chi connectivity index (χ0n) is 10.2. The Balaban J connectivity index is 1.99. The number of nitrogens with zero attached hydrogens (tertiary/aromatic N) is 1. The highest BCUT2D eigenvalue weighted by molar-refractivity contribution is 5.95. The van der Waals surface area contributed by atoms with Gasteiger partial charge < -0.3 is 15.3 Å². The molecule has 17 heavy (non-hydrogen) atoms. The van der Waals surface area contributed by atoms with Crippen molar-refractivity contribution in [1.29, 1.82) is 0 Å². The van der Waals surface area contributed by atoms with Crippen LogP contribution in [0.25, 0.3) is 0 Å². The fourth-order valence-corrected chi connectivity index (χ4v) is 1.65. The lowest BCUT2D eigenvalue weighted by atomic mass is 10.2. The lowest BCUT2D eigenvalue weighted by Gasteiger charge is -2.02. The number of imidazole rings is 1. The third-order valence-corrected chi connectivity index (χ3v) is 2.79. The molecule has 0 unspecified atom stereocenters. The smallest absolute Gasteiger partial charge is 0.253 e. The van der Waals surface area contributed by atoms with Crippen LogP contribution in [0, 0.1) is 20.8 Å². The summed E-state index contributed by atoms with van der Waals surface area (Å²) in [5, 5.41) is 2.83. The standard InChI is InChI=1S/C12H16N4O/c1-7-4-13-5-10(7)12(17)14-6-11-15-8(2)9(3)16-11/h4-5,13H,6H2,1-3H3,(H,14,17)(H,15,16). The first-order valence-electron chi connectivity index (χ1n) is 5.51. The molecular weight excluding hydrogens is 216 g/mol.